The Morgan fingerprint density at radius 2 is 0.740 bits per heavy atom. The zero-order valence-corrected chi connectivity index (χ0v) is 27.3. The number of hydrogen-bond acceptors (Lipinski definition) is 6. The molecule has 0 saturated carbocycles. The van der Waals surface area contributed by atoms with Gasteiger partial charge in [0.1, 0.15) is 0 Å². The van der Waals surface area contributed by atoms with Gasteiger partial charge in [-0.2, -0.15) is 0 Å². The molecule has 0 spiro atoms. The van der Waals surface area contributed by atoms with Crippen molar-refractivity contribution in [3.8, 4) is 0 Å². The zero-order chi connectivity index (χ0) is 34.8. The molecular formula is C42H32N4O4. The lowest BCUT2D eigenvalue weighted by atomic mass is 9.82. The standard InChI is InChI=1S/C42H32N4O4/c1-25-17-21-27(22-18-25)41(49)45-33-13-5-3-11-31(33)43-35-15-7-9-29-37(35)39(47)30-10-8-16-36(38(30)40(29)48)44-32-12-4-6-14-34(32)46-42(50)28-23-19-26(2)20-24-28/h3-24,43-44H,1-2H3,(H,45,49)(H,46,50). The Morgan fingerprint density at radius 3 is 1.12 bits per heavy atom. The van der Waals surface area contributed by atoms with E-state index >= 15 is 0 Å². The van der Waals surface area contributed by atoms with E-state index in [0.717, 1.165) is 11.1 Å². The summed E-state index contributed by atoms with van der Waals surface area (Å²) in [4.78, 5) is 54.5. The van der Waals surface area contributed by atoms with Gasteiger partial charge in [-0.15, -0.1) is 0 Å². The van der Waals surface area contributed by atoms with Gasteiger partial charge in [0.2, 0.25) is 0 Å². The third kappa shape index (κ3) is 6.25. The third-order valence-corrected chi connectivity index (χ3v) is 8.59. The molecule has 0 bridgehead atoms. The largest absolute Gasteiger partial charge is 0.353 e. The van der Waals surface area contributed by atoms with E-state index in [0.29, 0.717) is 45.3 Å². The first kappa shape index (κ1) is 31.8. The number of para-hydroxylation sites is 4. The molecule has 4 N–H and O–H groups in total. The maximum atomic E-state index is 14.2. The van der Waals surface area contributed by atoms with E-state index in [1.165, 1.54) is 0 Å². The molecule has 2 amide bonds. The van der Waals surface area contributed by atoms with Crippen molar-refractivity contribution in [2.75, 3.05) is 21.3 Å². The smallest absolute Gasteiger partial charge is 0.255 e. The third-order valence-electron chi connectivity index (χ3n) is 8.59. The lowest BCUT2D eigenvalue weighted by Gasteiger charge is -2.24. The molecule has 0 fully saturated rings. The second-order valence-corrected chi connectivity index (χ2v) is 12.1. The number of aryl methyl sites for hydroxylation is 2. The lowest BCUT2D eigenvalue weighted by molar-refractivity contribution is 0.0980. The fraction of sp³-hybridized carbons (Fsp3) is 0.0476. The molecule has 6 aromatic rings. The Hall–Kier alpha value is -6.80. The zero-order valence-electron chi connectivity index (χ0n) is 27.3. The normalized spacial score (nSPS) is 11.6. The van der Waals surface area contributed by atoms with Gasteiger partial charge >= 0.3 is 0 Å². The second kappa shape index (κ2) is 13.4. The first-order valence-electron chi connectivity index (χ1n) is 16.1. The first-order chi connectivity index (χ1) is 24.3. The highest BCUT2D eigenvalue weighted by Crippen LogP contribution is 2.39. The summed E-state index contributed by atoms with van der Waals surface area (Å²) < 4.78 is 0. The van der Waals surface area contributed by atoms with Gasteiger partial charge in [-0.05, 0) is 74.5 Å². The number of benzene rings is 6. The number of anilines is 6. The molecule has 50 heavy (non-hydrogen) atoms. The topological polar surface area (TPSA) is 116 Å². The molecule has 0 radical (unpaired) electrons. The Labute approximate surface area is 289 Å². The first-order valence-corrected chi connectivity index (χ1v) is 16.1. The number of carbonyl (C=O) groups is 4. The van der Waals surface area contributed by atoms with Crippen LogP contribution < -0.4 is 21.3 Å². The summed E-state index contributed by atoms with van der Waals surface area (Å²) in [6.45, 7) is 3.91. The number of carbonyl (C=O) groups excluding carboxylic acids is 4. The monoisotopic (exact) mass is 656 g/mol. The van der Waals surface area contributed by atoms with E-state index in [9.17, 15) is 19.2 Å². The van der Waals surface area contributed by atoms with E-state index in [4.69, 9.17) is 0 Å². The van der Waals surface area contributed by atoms with Crippen molar-refractivity contribution in [2.24, 2.45) is 0 Å². The van der Waals surface area contributed by atoms with Crippen molar-refractivity contribution in [1.82, 2.24) is 0 Å². The molecule has 7 rings (SSSR count). The van der Waals surface area contributed by atoms with Gasteiger partial charge in [-0.1, -0.05) is 83.9 Å². The number of rotatable bonds is 8. The van der Waals surface area contributed by atoms with Gasteiger partial charge in [-0.3, -0.25) is 19.2 Å². The summed E-state index contributed by atoms with van der Waals surface area (Å²) >= 11 is 0. The minimum atomic E-state index is -0.316. The minimum absolute atomic E-state index is 0.243. The van der Waals surface area contributed by atoms with Gasteiger partial charge in [0.25, 0.3) is 11.8 Å². The molecule has 1 aliphatic rings. The molecule has 0 aromatic heterocycles. The molecular weight excluding hydrogens is 624 g/mol. The summed E-state index contributed by atoms with van der Waals surface area (Å²) in [6, 6.07) is 39.1. The van der Waals surface area contributed by atoms with Crippen molar-refractivity contribution in [1.29, 1.82) is 0 Å². The number of fused-ring (bicyclic) bond motifs is 2. The average Bonchev–Trinajstić information content (AvgIpc) is 3.12. The van der Waals surface area contributed by atoms with E-state index in [2.05, 4.69) is 21.3 Å². The Kier molecular flexibility index (Phi) is 8.50. The van der Waals surface area contributed by atoms with Crippen molar-refractivity contribution < 1.29 is 19.2 Å². The number of hydrogen-bond donors (Lipinski definition) is 4. The fourth-order valence-electron chi connectivity index (χ4n) is 5.94. The van der Waals surface area contributed by atoms with E-state index < -0.39 is 0 Å². The highest BCUT2D eigenvalue weighted by Gasteiger charge is 2.34. The number of nitrogens with one attached hydrogen (secondary N) is 4. The van der Waals surface area contributed by atoms with Crippen molar-refractivity contribution in [3.05, 3.63) is 178 Å². The van der Waals surface area contributed by atoms with Crippen molar-refractivity contribution in [2.45, 2.75) is 13.8 Å². The van der Waals surface area contributed by atoms with Gasteiger partial charge < -0.3 is 21.3 Å². The fourth-order valence-corrected chi connectivity index (χ4v) is 5.94. The summed E-state index contributed by atoms with van der Waals surface area (Å²) in [6.07, 6.45) is 0. The van der Waals surface area contributed by atoms with Crippen LogP contribution in [0.1, 0.15) is 63.7 Å². The van der Waals surface area contributed by atoms with Gasteiger partial charge in [0.15, 0.2) is 11.6 Å². The Morgan fingerprint density at radius 1 is 0.400 bits per heavy atom. The molecule has 8 heteroatoms. The van der Waals surface area contributed by atoms with Gasteiger partial charge in [0, 0.05) is 22.3 Å². The van der Waals surface area contributed by atoms with E-state index in [-0.39, 0.29) is 45.6 Å². The van der Waals surface area contributed by atoms with Gasteiger partial charge in [0.05, 0.1) is 45.3 Å². The molecule has 0 aliphatic heterocycles. The average molecular weight is 657 g/mol. The van der Waals surface area contributed by atoms with Crippen molar-refractivity contribution >= 4 is 57.5 Å². The summed E-state index contributed by atoms with van der Waals surface area (Å²) in [5.74, 6) is -1.18. The number of amides is 2. The van der Waals surface area contributed by atoms with Crippen LogP contribution in [0.5, 0.6) is 0 Å². The van der Waals surface area contributed by atoms with Crippen LogP contribution in [-0.2, 0) is 0 Å². The lowest BCUT2D eigenvalue weighted by Crippen LogP contribution is -2.23. The predicted octanol–water partition coefficient (Wildman–Crippen LogP) is 9.07. The quantitative estimate of drug-likeness (QED) is 0.130. The molecule has 0 heterocycles. The molecule has 6 aromatic carbocycles. The highest BCUT2D eigenvalue weighted by molar-refractivity contribution is 6.32. The molecule has 0 atom stereocenters. The van der Waals surface area contributed by atoms with Crippen LogP contribution in [0.25, 0.3) is 0 Å². The summed E-state index contributed by atoms with van der Waals surface area (Å²) in [7, 11) is 0. The Balaban J connectivity index is 1.17. The molecule has 1 aliphatic carbocycles. The maximum Gasteiger partial charge on any atom is 0.255 e. The molecule has 244 valence electrons. The van der Waals surface area contributed by atoms with Crippen LogP contribution in [0, 0.1) is 13.8 Å². The van der Waals surface area contributed by atoms with Gasteiger partial charge in [-0.25, -0.2) is 0 Å². The van der Waals surface area contributed by atoms with E-state index in [1.807, 2.05) is 62.4 Å². The number of ketones is 2. The van der Waals surface area contributed by atoms with Crippen LogP contribution in [0.4, 0.5) is 34.1 Å². The van der Waals surface area contributed by atoms with Crippen LogP contribution in [0.15, 0.2) is 133 Å². The molecule has 0 saturated heterocycles. The predicted molar refractivity (Wildman–Crippen MR) is 197 cm³/mol. The summed E-state index contributed by atoms with van der Waals surface area (Å²) in [5, 5.41) is 12.5. The second-order valence-electron chi connectivity index (χ2n) is 12.1. The van der Waals surface area contributed by atoms with Crippen molar-refractivity contribution in [3.63, 3.8) is 0 Å². The molecule has 0 unspecified atom stereocenters. The minimum Gasteiger partial charge on any atom is -0.353 e. The highest BCUT2D eigenvalue weighted by atomic mass is 16.2. The Bertz CT molecular complexity index is 2150. The van der Waals surface area contributed by atoms with E-state index in [1.54, 1.807) is 84.9 Å². The van der Waals surface area contributed by atoms with Crippen LogP contribution >= 0.6 is 0 Å². The van der Waals surface area contributed by atoms with Crippen LogP contribution in [-0.4, -0.2) is 23.4 Å². The SMILES string of the molecule is Cc1ccc(C(=O)Nc2ccccc2Nc2cccc3c2C(=O)c2cccc(Nc4ccccc4NC(=O)c4ccc(C)cc4)c2C3=O)cc1. The van der Waals surface area contributed by atoms with Crippen LogP contribution in [0.3, 0.4) is 0 Å². The summed E-state index contributed by atoms with van der Waals surface area (Å²) in [5.41, 5.74) is 7.16. The molecule has 8 nitrogen and oxygen atoms in total. The van der Waals surface area contributed by atoms with Crippen LogP contribution in [0.2, 0.25) is 0 Å². The maximum absolute atomic E-state index is 14.2.